The molecule has 13 rings (SSSR count). The summed E-state index contributed by atoms with van der Waals surface area (Å²) in [5.41, 5.74) is 17.8. The van der Waals surface area contributed by atoms with Crippen LogP contribution in [0, 0.1) is 0 Å². The number of fused-ring (bicyclic) bond motifs is 13. The fourth-order valence-electron chi connectivity index (χ4n) is 10.4. The summed E-state index contributed by atoms with van der Waals surface area (Å²) >= 11 is 1.79. The quantitative estimate of drug-likeness (QED) is 0.174. The third-order valence-corrected chi connectivity index (χ3v) is 14.2. The van der Waals surface area contributed by atoms with Gasteiger partial charge in [0.2, 0.25) is 0 Å². The molecule has 2 aliphatic rings. The van der Waals surface area contributed by atoms with Crippen LogP contribution in [0.1, 0.15) is 22.3 Å². The lowest BCUT2D eigenvalue weighted by molar-refractivity contribution is 0.794. The van der Waals surface area contributed by atoms with Gasteiger partial charge in [-0.15, -0.1) is 11.3 Å². The van der Waals surface area contributed by atoms with Crippen LogP contribution in [0.3, 0.4) is 0 Å². The van der Waals surface area contributed by atoms with Gasteiger partial charge in [-0.25, -0.2) is 15.0 Å². The zero-order chi connectivity index (χ0) is 40.8. The second-order valence-corrected chi connectivity index (χ2v) is 17.2. The van der Waals surface area contributed by atoms with Crippen molar-refractivity contribution in [3.63, 3.8) is 0 Å². The zero-order valence-corrected chi connectivity index (χ0v) is 34.3. The molecule has 0 radical (unpaired) electrons. The number of hydrogen-bond acceptors (Lipinski definition) is 4. The van der Waals surface area contributed by atoms with Gasteiger partial charge in [-0.3, -0.25) is 0 Å². The number of rotatable bonds is 5. The van der Waals surface area contributed by atoms with Crippen LogP contribution in [0.4, 0.5) is 0 Å². The molecule has 0 fully saturated rings. The number of nitrogens with zero attached hydrogens (tertiary/aromatic N) is 3. The number of benzene rings is 9. The fourth-order valence-corrected chi connectivity index (χ4v) is 11.6. The van der Waals surface area contributed by atoms with Gasteiger partial charge in [0, 0.05) is 36.9 Å². The zero-order valence-electron chi connectivity index (χ0n) is 33.5. The second kappa shape index (κ2) is 13.6. The summed E-state index contributed by atoms with van der Waals surface area (Å²) in [5.74, 6) is 1.96. The van der Waals surface area contributed by atoms with Crippen LogP contribution in [0.25, 0.3) is 98.8 Å². The van der Waals surface area contributed by atoms with E-state index >= 15 is 0 Å². The Kier molecular flexibility index (Phi) is 7.69. The average Bonchev–Trinajstić information content (AvgIpc) is 3.99. The molecular formula is C58H35N3S. The maximum absolute atomic E-state index is 5.28. The first-order chi connectivity index (χ1) is 30.8. The Morgan fingerprint density at radius 3 is 1.48 bits per heavy atom. The highest BCUT2D eigenvalue weighted by Gasteiger charge is 2.51. The molecule has 0 bridgehead atoms. The van der Waals surface area contributed by atoms with Gasteiger partial charge in [-0.1, -0.05) is 200 Å². The van der Waals surface area contributed by atoms with E-state index in [9.17, 15) is 0 Å². The second-order valence-electron chi connectivity index (χ2n) is 16.2. The van der Waals surface area contributed by atoms with E-state index in [1.807, 2.05) is 18.2 Å². The van der Waals surface area contributed by atoms with Crippen LogP contribution in [0.5, 0.6) is 0 Å². The number of hydrogen-bond donors (Lipinski definition) is 0. The van der Waals surface area contributed by atoms with Crippen LogP contribution < -0.4 is 0 Å². The maximum Gasteiger partial charge on any atom is 0.165 e. The molecule has 9 aromatic carbocycles. The molecule has 0 unspecified atom stereocenters. The summed E-state index contributed by atoms with van der Waals surface area (Å²) in [7, 11) is 0. The van der Waals surface area contributed by atoms with Gasteiger partial charge in [0.05, 0.1) is 5.41 Å². The first-order valence-electron chi connectivity index (χ1n) is 21.1. The molecule has 62 heavy (non-hydrogen) atoms. The molecule has 3 nitrogen and oxygen atoms in total. The van der Waals surface area contributed by atoms with E-state index in [-0.39, 0.29) is 5.41 Å². The van der Waals surface area contributed by atoms with Gasteiger partial charge < -0.3 is 0 Å². The van der Waals surface area contributed by atoms with Gasteiger partial charge in [-0.05, 0) is 78.9 Å². The molecule has 0 saturated carbocycles. The van der Waals surface area contributed by atoms with Crippen molar-refractivity contribution in [2.45, 2.75) is 5.41 Å². The van der Waals surface area contributed by atoms with E-state index in [1.165, 1.54) is 75.8 Å². The van der Waals surface area contributed by atoms with Gasteiger partial charge in [0.15, 0.2) is 17.5 Å². The van der Waals surface area contributed by atoms with Crippen molar-refractivity contribution in [2.75, 3.05) is 0 Å². The van der Waals surface area contributed by atoms with Crippen molar-refractivity contribution in [3.8, 4) is 78.7 Å². The highest BCUT2D eigenvalue weighted by atomic mass is 32.1. The Morgan fingerprint density at radius 2 is 0.758 bits per heavy atom. The summed E-state index contributed by atoms with van der Waals surface area (Å²) in [6.07, 6.45) is 0. The van der Waals surface area contributed by atoms with Gasteiger partial charge in [0.25, 0.3) is 0 Å². The molecule has 2 aromatic heterocycles. The highest BCUT2D eigenvalue weighted by Crippen LogP contribution is 2.64. The number of aromatic nitrogens is 3. The lowest BCUT2D eigenvalue weighted by Crippen LogP contribution is -2.25. The lowest BCUT2D eigenvalue weighted by Gasteiger charge is -2.30. The highest BCUT2D eigenvalue weighted by molar-refractivity contribution is 7.26. The predicted molar refractivity (Wildman–Crippen MR) is 256 cm³/mol. The van der Waals surface area contributed by atoms with E-state index in [0.717, 1.165) is 27.8 Å². The fraction of sp³-hybridized carbons (Fsp3) is 0.0172. The minimum atomic E-state index is -0.376. The molecule has 2 aliphatic carbocycles. The molecule has 0 amide bonds. The monoisotopic (exact) mass is 805 g/mol. The minimum Gasteiger partial charge on any atom is -0.208 e. The van der Waals surface area contributed by atoms with E-state index in [0.29, 0.717) is 17.5 Å². The summed E-state index contributed by atoms with van der Waals surface area (Å²) in [5, 5.41) is 2.46. The first kappa shape index (κ1) is 35.0. The summed E-state index contributed by atoms with van der Waals surface area (Å²) in [6, 6.07) is 76.7. The Hall–Kier alpha value is -7.79. The molecule has 0 aliphatic heterocycles. The van der Waals surface area contributed by atoms with E-state index in [2.05, 4.69) is 194 Å². The molecule has 1 spiro atoms. The van der Waals surface area contributed by atoms with Crippen molar-refractivity contribution in [1.29, 1.82) is 0 Å². The topological polar surface area (TPSA) is 38.7 Å². The molecule has 11 aromatic rings. The third kappa shape index (κ3) is 5.02. The van der Waals surface area contributed by atoms with E-state index < -0.39 is 0 Å². The van der Waals surface area contributed by atoms with Gasteiger partial charge in [0.1, 0.15) is 0 Å². The first-order valence-corrected chi connectivity index (χ1v) is 21.9. The smallest absolute Gasteiger partial charge is 0.165 e. The normalized spacial score (nSPS) is 13.0. The molecule has 2 heterocycles. The third-order valence-electron chi connectivity index (χ3n) is 13.0. The van der Waals surface area contributed by atoms with Crippen molar-refractivity contribution in [3.05, 3.63) is 235 Å². The van der Waals surface area contributed by atoms with Crippen LogP contribution >= 0.6 is 11.3 Å². The largest absolute Gasteiger partial charge is 0.208 e. The Balaban J connectivity index is 0.948. The molecule has 0 atom stereocenters. The van der Waals surface area contributed by atoms with Crippen molar-refractivity contribution >= 4 is 31.5 Å². The lowest BCUT2D eigenvalue weighted by atomic mass is 9.70. The Labute approximate surface area is 363 Å². The van der Waals surface area contributed by atoms with Gasteiger partial charge in [-0.2, -0.15) is 0 Å². The maximum atomic E-state index is 5.28. The summed E-state index contributed by atoms with van der Waals surface area (Å²) in [4.78, 5) is 15.6. The summed E-state index contributed by atoms with van der Waals surface area (Å²) in [6.45, 7) is 0. The van der Waals surface area contributed by atoms with Crippen molar-refractivity contribution < 1.29 is 0 Å². The number of thiophene rings is 1. The minimum absolute atomic E-state index is 0.376. The van der Waals surface area contributed by atoms with Crippen LogP contribution in [-0.2, 0) is 5.41 Å². The summed E-state index contributed by atoms with van der Waals surface area (Å²) < 4.78 is 2.43. The van der Waals surface area contributed by atoms with Gasteiger partial charge >= 0.3 is 0 Å². The molecular weight excluding hydrogens is 771 g/mol. The molecule has 4 heteroatoms. The predicted octanol–water partition coefficient (Wildman–Crippen LogP) is 14.9. The Bertz CT molecular complexity index is 3540. The van der Waals surface area contributed by atoms with Crippen LogP contribution in [0.2, 0.25) is 0 Å². The van der Waals surface area contributed by atoms with E-state index in [1.54, 1.807) is 11.3 Å². The average molecular weight is 806 g/mol. The van der Waals surface area contributed by atoms with Crippen molar-refractivity contribution in [1.82, 2.24) is 15.0 Å². The molecule has 0 N–H and O–H groups in total. The molecule has 288 valence electrons. The molecule has 0 saturated heterocycles. The van der Waals surface area contributed by atoms with E-state index in [4.69, 9.17) is 15.0 Å². The van der Waals surface area contributed by atoms with Crippen LogP contribution in [-0.4, -0.2) is 15.0 Å². The Morgan fingerprint density at radius 1 is 0.290 bits per heavy atom. The van der Waals surface area contributed by atoms with Crippen molar-refractivity contribution in [2.24, 2.45) is 0 Å². The standard InChI is InChI=1S/C58H35N3S/c1-2-16-38(17-3-1)55-59-56(61-57(60-55)47-26-14-25-44-43-21-9-13-31-52(43)62-54(44)47)45-22-5-4-18-39(45)36-32-34-37(35-33-36)40-24-15-30-51-53(40)46-23-8-12-29-50(46)58(51)48-27-10-6-19-41(48)42-20-7-11-28-49(42)58/h1-35H. The van der Waals surface area contributed by atoms with Crippen LogP contribution in [0.15, 0.2) is 212 Å². The SMILES string of the molecule is c1ccc(-c2nc(-c3ccccc3-c3ccc(-c4cccc5c4-c4ccccc4C54c5ccccc5-c5ccccc54)cc3)nc(-c3cccc4c3sc3ccccc34)n2)cc1.